The number of esters is 1. The normalized spacial score (nSPS) is 9.73. The number of carbonyl (C=O) groups is 1. The Morgan fingerprint density at radius 1 is 1.33 bits per heavy atom. The fourth-order valence-corrected chi connectivity index (χ4v) is 1.25. The Kier molecular flexibility index (Phi) is 4.63. The number of ether oxygens (including phenoxy) is 1. The summed E-state index contributed by atoms with van der Waals surface area (Å²) in [5.74, 6) is -0.317. The van der Waals surface area contributed by atoms with Crippen LogP contribution in [0.25, 0.3) is 0 Å². The van der Waals surface area contributed by atoms with Crippen molar-refractivity contribution < 1.29 is 9.53 Å². The number of nitrogens with one attached hydrogen (secondary N) is 2. The lowest BCUT2D eigenvalue weighted by atomic mass is 10.2. The number of methoxy groups -OCH3 is 1. The third kappa shape index (κ3) is 3.25. The molecule has 1 rings (SSSR count). The van der Waals surface area contributed by atoms with Gasteiger partial charge in [0.25, 0.3) is 0 Å². The standard InChI is InChI=1S/C11H16N2O2/c1-12-7-8-13-10-6-4-3-5-9(10)11(14)15-2/h3-6,12-13H,7-8H2,1-2H3. The molecule has 2 N–H and O–H groups in total. The molecule has 0 fully saturated rings. The number of hydrogen-bond acceptors (Lipinski definition) is 4. The molecule has 0 spiro atoms. The van der Waals surface area contributed by atoms with E-state index in [1.54, 1.807) is 6.07 Å². The maximum Gasteiger partial charge on any atom is 0.339 e. The van der Waals surface area contributed by atoms with Crippen molar-refractivity contribution in [3.63, 3.8) is 0 Å². The van der Waals surface area contributed by atoms with Crippen LogP contribution in [0.4, 0.5) is 5.69 Å². The molecule has 0 unspecified atom stereocenters. The third-order valence-electron chi connectivity index (χ3n) is 2.02. The van der Waals surface area contributed by atoms with E-state index in [0.717, 1.165) is 18.8 Å². The van der Waals surface area contributed by atoms with E-state index < -0.39 is 0 Å². The van der Waals surface area contributed by atoms with E-state index in [-0.39, 0.29) is 5.97 Å². The second-order valence-electron chi connectivity index (χ2n) is 3.07. The van der Waals surface area contributed by atoms with Crippen molar-refractivity contribution in [1.29, 1.82) is 0 Å². The van der Waals surface area contributed by atoms with Crippen LogP contribution >= 0.6 is 0 Å². The van der Waals surface area contributed by atoms with Crippen LogP contribution in [-0.2, 0) is 4.74 Å². The van der Waals surface area contributed by atoms with Crippen LogP contribution in [0.15, 0.2) is 24.3 Å². The first-order valence-corrected chi connectivity index (χ1v) is 4.85. The van der Waals surface area contributed by atoms with Gasteiger partial charge in [-0.05, 0) is 19.2 Å². The summed E-state index contributed by atoms with van der Waals surface area (Å²) in [6.45, 7) is 1.61. The van der Waals surface area contributed by atoms with Crippen molar-refractivity contribution in [3.8, 4) is 0 Å². The highest BCUT2D eigenvalue weighted by molar-refractivity contribution is 5.95. The lowest BCUT2D eigenvalue weighted by Gasteiger charge is -2.09. The largest absolute Gasteiger partial charge is 0.465 e. The number of rotatable bonds is 5. The van der Waals surface area contributed by atoms with Crippen molar-refractivity contribution in [2.45, 2.75) is 0 Å². The molecule has 4 nitrogen and oxygen atoms in total. The van der Waals surface area contributed by atoms with Crippen LogP contribution in [0.5, 0.6) is 0 Å². The molecule has 0 atom stereocenters. The summed E-state index contributed by atoms with van der Waals surface area (Å²) in [6.07, 6.45) is 0. The third-order valence-corrected chi connectivity index (χ3v) is 2.02. The van der Waals surface area contributed by atoms with E-state index in [4.69, 9.17) is 0 Å². The van der Waals surface area contributed by atoms with Crippen molar-refractivity contribution in [3.05, 3.63) is 29.8 Å². The summed E-state index contributed by atoms with van der Waals surface area (Å²) >= 11 is 0. The molecule has 1 aromatic rings. The van der Waals surface area contributed by atoms with Crippen molar-refractivity contribution in [1.82, 2.24) is 5.32 Å². The van der Waals surface area contributed by atoms with Crippen molar-refractivity contribution in [2.24, 2.45) is 0 Å². The molecule has 0 heterocycles. The van der Waals surface area contributed by atoms with Gasteiger partial charge in [0.1, 0.15) is 0 Å². The minimum absolute atomic E-state index is 0.317. The van der Waals surface area contributed by atoms with Crippen LogP contribution in [-0.4, -0.2) is 33.2 Å². The van der Waals surface area contributed by atoms with Gasteiger partial charge in [-0.15, -0.1) is 0 Å². The number of anilines is 1. The number of para-hydroxylation sites is 1. The SMILES string of the molecule is CNCCNc1ccccc1C(=O)OC. The monoisotopic (exact) mass is 208 g/mol. The zero-order chi connectivity index (χ0) is 11.1. The summed E-state index contributed by atoms with van der Waals surface area (Å²) < 4.78 is 4.69. The van der Waals surface area contributed by atoms with Crippen LogP contribution in [0.1, 0.15) is 10.4 Å². The minimum Gasteiger partial charge on any atom is -0.465 e. The highest BCUT2D eigenvalue weighted by Crippen LogP contribution is 2.15. The highest BCUT2D eigenvalue weighted by Gasteiger charge is 2.09. The minimum atomic E-state index is -0.317. The Morgan fingerprint density at radius 3 is 2.73 bits per heavy atom. The zero-order valence-corrected chi connectivity index (χ0v) is 9.04. The molecule has 1 aromatic carbocycles. The second kappa shape index (κ2) is 6.03. The molecule has 82 valence electrons. The fourth-order valence-electron chi connectivity index (χ4n) is 1.25. The fraction of sp³-hybridized carbons (Fsp3) is 0.364. The molecule has 0 aromatic heterocycles. The number of likely N-dealkylation sites (N-methyl/N-ethyl adjacent to an activating group) is 1. The maximum atomic E-state index is 11.4. The topological polar surface area (TPSA) is 50.4 Å². The van der Waals surface area contributed by atoms with Gasteiger partial charge in [-0.25, -0.2) is 4.79 Å². The van der Waals surface area contributed by atoms with E-state index in [1.165, 1.54) is 7.11 Å². The molecular weight excluding hydrogens is 192 g/mol. The first kappa shape index (κ1) is 11.5. The smallest absolute Gasteiger partial charge is 0.339 e. The molecule has 0 saturated carbocycles. The highest BCUT2D eigenvalue weighted by atomic mass is 16.5. The predicted octanol–water partition coefficient (Wildman–Crippen LogP) is 1.10. The van der Waals surface area contributed by atoms with Gasteiger partial charge in [0.2, 0.25) is 0 Å². The molecule has 4 heteroatoms. The van der Waals surface area contributed by atoms with Gasteiger partial charge in [0.05, 0.1) is 12.7 Å². The number of hydrogen-bond donors (Lipinski definition) is 2. The lowest BCUT2D eigenvalue weighted by Crippen LogP contribution is -2.19. The summed E-state index contributed by atoms with van der Waals surface area (Å²) in [7, 11) is 3.26. The Morgan fingerprint density at radius 2 is 2.07 bits per heavy atom. The maximum absolute atomic E-state index is 11.4. The van der Waals surface area contributed by atoms with Gasteiger partial charge >= 0.3 is 5.97 Å². The number of benzene rings is 1. The molecule has 0 aliphatic rings. The molecule has 0 saturated heterocycles. The summed E-state index contributed by atoms with van der Waals surface area (Å²) in [5.41, 5.74) is 1.37. The van der Waals surface area contributed by atoms with Gasteiger partial charge < -0.3 is 15.4 Å². The molecule has 0 amide bonds. The van der Waals surface area contributed by atoms with Crippen LogP contribution in [0.2, 0.25) is 0 Å². The second-order valence-corrected chi connectivity index (χ2v) is 3.07. The molecule has 15 heavy (non-hydrogen) atoms. The first-order valence-electron chi connectivity index (χ1n) is 4.85. The van der Waals surface area contributed by atoms with E-state index in [2.05, 4.69) is 15.4 Å². The Hall–Kier alpha value is -1.55. The molecule has 0 radical (unpaired) electrons. The first-order chi connectivity index (χ1) is 7.29. The molecule has 0 aliphatic heterocycles. The van der Waals surface area contributed by atoms with Gasteiger partial charge in [0, 0.05) is 18.8 Å². The Bertz CT molecular complexity index is 326. The summed E-state index contributed by atoms with van der Waals surface area (Å²) in [5, 5.41) is 6.19. The van der Waals surface area contributed by atoms with Gasteiger partial charge in [-0.2, -0.15) is 0 Å². The van der Waals surface area contributed by atoms with Gasteiger partial charge in [0.15, 0.2) is 0 Å². The quantitative estimate of drug-likeness (QED) is 0.562. The van der Waals surface area contributed by atoms with Crippen molar-refractivity contribution in [2.75, 3.05) is 32.6 Å². The Labute approximate surface area is 89.6 Å². The van der Waals surface area contributed by atoms with E-state index in [9.17, 15) is 4.79 Å². The summed E-state index contributed by atoms with van der Waals surface area (Å²) in [6, 6.07) is 7.30. The van der Waals surface area contributed by atoms with Gasteiger partial charge in [-0.1, -0.05) is 12.1 Å². The predicted molar refractivity (Wildman–Crippen MR) is 60.2 cm³/mol. The summed E-state index contributed by atoms with van der Waals surface area (Å²) in [4.78, 5) is 11.4. The molecule has 0 aliphatic carbocycles. The van der Waals surface area contributed by atoms with Crippen LogP contribution in [0.3, 0.4) is 0 Å². The molecular formula is C11H16N2O2. The van der Waals surface area contributed by atoms with Crippen molar-refractivity contribution >= 4 is 11.7 Å². The Balaban J connectivity index is 2.73. The van der Waals surface area contributed by atoms with Crippen LogP contribution in [0, 0.1) is 0 Å². The average molecular weight is 208 g/mol. The van der Waals surface area contributed by atoms with Gasteiger partial charge in [-0.3, -0.25) is 0 Å². The zero-order valence-electron chi connectivity index (χ0n) is 9.04. The molecule has 0 bridgehead atoms. The lowest BCUT2D eigenvalue weighted by molar-refractivity contribution is 0.0602. The average Bonchev–Trinajstić information content (AvgIpc) is 2.29. The number of carbonyl (C=O) groups excluding carboxylic acids is 1. The van der Waals surface area contributed by atoms with E-state index >= 15 is 0 Å². The van der Waals surface area contributed by atoms with E-state index in [1.807, 2.05) is 25.2 Å². The van der Waals surface area contributed by atoms with Crippen LogP contribution < -0.4 is 10.6 Å². The van der Waals surface area contributed by atoms with E-state index in [0.29, 0.717) is 5.56 Å².